The Balaban J connectivity index is 1.60. The van der Waals surface area contributed by atoms with Crippen molar-refractivity contribution in [2.45, 2.75) is 57.6 Å². The minimum atomic E-state index is -3.87. The second kappa shape index (κ2) is 10.1. The summed E-state index contributed by atoms with van der Waals surface area (Å²) in [6, 6.07) is 4.48. The number of hydrogen-bond donors (Lipinski definition) is 1. The second-order valence-electron chi connectivity index (χ2n) is 9.15. The maximum atomic E-state index is 12.9. The summed E-state index contributed by atoms with van der Waals surface area (Å²) in [6.45, 7) is 10.1. The number of ether oxygens (including phenoxy) is 1. The molecule has 0 spiro atoms. The van der Waals surface area contributed by atoms with Crippen LogP contribution in [-0.2, 0) is 26.0 Å². The number of rotatable bonds is 5. The predicted octanol–water partition coefficient (Wildman–Crippen LogP) is 3.92. The lowest BCUT2D eigenvalue weighted by atomic mass is 10.1. The minimum absolute atomic E-state index is 0.0329. The van der Waals surface area contributed by atoms with Gasteiger partial charge in [-0.3, -0.25) is 9.52 Å². The SMILES string of the molecule is Cc1c(Cl)cccc1S(=O)(=O)Nc1nc(CC(=O)N2CCN(C(=O)OC(C)(C)C)C[C@H]2C)cs1. The highest BCUT2D eigenvalue weighted by Gasteiger charge is 2.32. The van der Waals surface area contributed by atoms with Crippen LogP contribution in [0.25, 0.3) is 0 Å². The number of nitrogens with zero attached hydrogens (tertiary/aromatic N) is 3. The van der Waals surface area contributed by atoms with Gasteiger partial charge in [-0.15, -0.1) is 11.3 Å². The molecule has 2 heterocycles. The molecule has 12 heteroatoms. The average molecular weight is 529 g/mol. The first kappa shape index (κ1) is 26.2. The lowest BCUT2D eigenvalue weighted by Crippen LogP contribution is -2.56. The van der Waals surface area contributed by atoms with E-state index in [1.54, 1.807) is 34.2 Å². The van der Waals surface area contributed by atoms with Crippen molar-refractivity contribution in [3.63, 3.8) is 0 Å². The molecule has 9 nitrogen and oxygen atoms in total. The zero-order valence-corrected chi connectivity index (χ0v) is 22.2. The molecule has 1 aromatic carbocycles. The van der Waals surface area contributed by atoms with Crippen molar-refractivity contribution in [1.82, 2.24) is 14.8 Å². The molecule has 1 saturated heterocycles. The van der Waals surface area contributed by atoms with Gasteiger partial charge in [-0.2, -0.15) is 0 Å². The van der Waals surface area contributed by atoms with Gasteiger partial charge in [0.2, 0.25) is 5.91 Å². The Morgan fingerprint density at radius 1 is 1.29 bits per heavy atom. The van der Waals surface area contributed by atoms with E-state index >= 15 is 0 Å². The molecule has 0 aliphatic carbocycles. The molecule has 34 heavy (non-hydrogen) atoms. The molecule has 1 aliphatic heterocycles. The van der Waals surface area contributed by atoms with Crippen LogP contribution < -0.4 is 4.72 Å². The van der Waals surface area contributed by atoms with Crippen LogP contribution in [0.4, 0.5) is 9.93 Å². The molecule has 2 amide bonds. The summed E-state index contributed by atoms with van der Waals surface area (Å²) < 4.78 is 33.4. The second-order valence-corrected chi connectivity index (χ2v) is 12.1. The topological polar surface area (TPSA) is 109 Å². The van der Waals surface area contributed by atoms with Gasteiger partial charge in [0.25, 0.3) is 10.0 Å². The lowest BCUT2D eigenvalue weighted by Gasteiger charge is -2.40. The van der Waals surface area contributed by atoms with Crippen molar-refractivity contribution in [2.75, 3.05) is 24.4 Å². The summed E-state index contributed by atoms with van der Waals surface area (Å²) in [6.07, 6.45) is -0.358. The Labute approximate surface area is 209 Å². The summed E-state index contributed by atoms with van der Waals surface area (Å²) in [5.74, 6) is -0.137. The minimum Gasteiger partial charge on any atom is -0.444 e. The Kier molecular flexibility index (Phi) is 7.79. The predicted molar refractivity (Wildman–Crippen MR) is 132 cm³/mol. The summed E-state index contributed by atoms with van der Waals surface area (Å²) >= 11 is 7.15. The number of piperazine rings is 1. The third-order valence-electron chi connectivity index (χ3n) is 5.21. The van der Waals surface area contributed by atoms with E-state index in [1.165, 1.54) is 6.07 Å². The molecule has 1 aliphatic rings. The summed E-state index contributed by atoms with van der Waals surface area (Å²) in [5, 5.41) is 2.18. The molecule has 1 atom stereocenters. The van der Waals surface area contributed by atoms with E-state index in [9.17, 15) is 18.0 Å². The number of nitrogens with one attached hydrogen (secondary N) is 1. The van der Waals surface area contributed by atoms with Gasteiger partial charge in [-0.05, 0) is 52.3 Å². The van der Waals surface area contributed by atoms with Gasteiger partial charge < -0.3 is 14.5 Å². The fraction of sp³-hybridized carbons (Fsp3) is 0.500. The number of aromatic nitrogens is 1. The van der Waals surface area contributed by atoms with Crippen molar-refractivity contribution in [3.05, 3.63) is 39.9 Å². The lowest BCUT2D eigenvalue weighted by molar-refractivity contribution is -0.134. The molecule has 1 N–H and O–H groups in total. The fourth-order valence-electron chi connectivity index (χ4n) is 3.56. The van der Waals surface area contributed by atoms with Crippen molar-refractivity contribution in [3.8, 4) is 0 Å². The molecule has 0 bridgehead atoms. The Morgan fingerprint density at radius 2 is 2.00 bits per heavy atom. The number of thiazole rings is 1. The first-order valence-corrected chi connectivity index (χ1v) is 13.5. The van der Waals surface area contributed by atoms with Crippen molar-refractivity contribution in [2.24, 2.45) is 0 Å². The molecular weight excluding hydrogens is 500 g/mol. The van der Waals surface area contributed by atoms with Crippen molar-refractivity contribution >= 4 is 50.1 Å². The maximum absolute atomic E-state index is 12.9. The fourth-order valence-corrected chi connectivity index (χ4v) is 6.02. The Morgan fingerprint density at radius 3 is 2.65 bits per heavy atom. The number of halogens is 1. The van der Waals surface area contributed by atoms with E-state index in [0.29, 0.717) is 35.9 Å². The standard InChI is InChI=1S/C22H29ClN4O5S2/c1-14-12-26(21(29)32-22(3,4)5)9-10-27(14)19(28)11-16-13-33-20(24-16)25-34(30,31)18-8-6-7-17(23)15(18)2/h6-8,13-14H,9-12H2,1-5H3,(H,24,25)/t14-/m1/s1. The molecular formula is C22H29ClN4O5S2. The highest BCUT2D eigenvalue weighted by molar-refractivity contribution is 7.93. The molecule has 3 rings (SSSR count). The first-order chi connectivity index (χ1) is 15.8. The van der Waals surface area contributed by atoms with Gasteiger partial charge in [0.1, 0.15) is 5.60 Å². The maximum Gasteiger partial charge on any atom is 0.410 e. The van der Waals surface area contributed by atoms with Gasteiger partial charge >= 0.3 is 6.09 Å². The molecule has 1 aromatic heterocycles. The third kappa shape index (κ3) is 6.39. The summed E-state index contributed by atoms with van der Waals surface area (Å²) in [7, 11) is -3.87. The number of carbonyl (C=O) groups is 2. The van der Waals surface area contributed by atoms with E-state index in [1.807, 2.05) is 27.7 Å². The summed E-state index contributed by atoms with van der Waals surface area (Å²) in [4.78, 5) is 32.9. The molecule has 0 unspecified atom stereocenters. The average Bonchev–Trinajstić information content (AvgIpc) is 3.14. The molecule has 0 saturated carbocycles. The number of amides is 2. The van der Waals surface area contributed by atoms with Crippen LogP contribution >= 0.6 is 22.9 Å². The van der Waals surface area contributed by atoms with Crippen LogP contribution in [0.15, 0.2) is 28.5 Å². The smallest absolute Gasteiger partial charge is 0.410 e. The normalized spacial score (nSPS) is 16.9. The Bertz CT molecular complexity index is 1180. The van der Waals surface area contributed by atoms with Gasteiger partial charge in [0.15, 0.2) is 5.13 Å². The van der Waals surface area contributed by atoms with Crippen LogP contribution in [-0.4, -0.2) is 66.5 Å². The van der Waals surface area contributed by atoms with Crippen LogP contribution in [0.5, 0.6) is 0 Å². The molecule has 2 aromatic rings. The van der Waals surface area contributed by atoms with Gasteiger partial charge in [0, 0.05) is 36.1 Å². The number of hydrogen-bond acceptors (Lipinski definition) is 7. The zero-order chi connectivity index (χ0) is 25.3. The number of carbonyl (C=O) groups excluding carboxylic acids is 2. The van der Waals surface area contributed by atoms with Gasteiger partial charge in [-0.1, -0.05) is 17.7 Å². The number of sulfonamides is 1. The number of anilines is 1. The van der Waals surface area contributed by atoms with Crippen LogP contribution in [0.1, 0.15) is 39.0 Å². The van der Waals surface area contributed by atoms with Crippen molar-refractivity contribution < 1.29 is 22.7 Å². The van der Waals surface area contributed by atoms with Gasteiger partial charge in [0.05, 0.1) is 17.0 Å². The monoisotopic (exact) mass is 528 g/mol. The first-order valence-electron chi connectivity index (χ1n) is 10.8. The van der Waals surface area contributed by atoms with Crippen LogP contribution in [0.2, 0.25) is 5.02 Å². The van der Waals surface area contributed by atoms with Gasteiger partial charge in [-0.25, -0.2) is 18.2 Å². The molecule has 1 fully saturated rings. The van der Waals surface area contributed by atoms with Crippen molar-refractivity contribution in [1.29, 1.82) is 0 Å². The van der Waals surface area contributed by atoms with E-state index in [4.69, 9.17) is 16.3 Å². The molecule has 186 valence electrons. The van der Waals surface area contributed by atoms with E-state index < -0.39 is 21.7 Å². The largest absolute Gasteiger partial charge is 0.444 e. The third-order valence-corrected chi connectivity index (χ3v) is 8.04. The molecule has 0 radical (unpaired) electrons. The quantitative estimate of drug-likeness (QED) is 0.630. The Hall–Kier alpha value is -2.37. The summed E-state index contributed by atoms with van der Waals surface area (Å²) in [5.41, 5.74) is 0.336. The van der Waals surface area contributed by atoms with E-state index in [0.717, 1.165) is 11.3 Å². The highest BCUT2D eigenvalue weighted by Crippen LogP contribution is 2.26. The number of benzene rings is 1. The highest BCUT2D eigenvalue weighted by atomic mass is 35.5. The van der Waals surface area contributed by atoms with Crippen LogP contribution in [0, 0.1) is 6.92 Å². The van der Waals surface area contributed by atoms with E-state index in [-0.39, 0.29) is 28.4 Å². The zero-order valence-electron chi connectivity index (χ0n) is 19.8. The van der Waals surface area contributed by atoms with Crippen LogP contribution in [0.3, 0.4) is 0 Å². The van der Waals surface area contributed by atoms with E-state index in [2.05, 4.69) is 9.71 Å².